The molecule has 25 heavy (non-hydrogen) atoms. The van der Waals surface area contributed by atoms with Crippen molar-refractivity contribution >= 4 is 29.3 Å². The molecule has 1 saturated heterocycles. The number of anilines is 1. The van der Waals surface area contributed by atoms with Crippen LogP contribution in [0, 0.1) is 0 Å². The Hall–Kier alpha value is -1.79. The minimum absolute atomic E-state index is 0.0325. The number of benzene rings is 1. The monoisotopic (exact) mass is 365 g/mol. The third-order valence-electron chi connectivity index (χ3n) is 5.13. The van der Waals surface area contributed by atoms with E-state index in [0.717, 1.165) is 11.3 Å². The van der Waals surface area contributed by atoms with Gasteiger partial charge in [-0.05, 0) is 19.1 Å². The van der Waals surface area contributed by atoms with Crippen LogP contribution in [-0.2, 0) is 10.2 Å². The van der Waals surface area contributed by atoms with E-state index < -0.39 is 6.09 Å². The van der Waals surface area contributed by atoms with Gasteiger partial charge in [0.05, 0.1) is 6.54 Å². The second-order valence-electron chi connectivity index (χ2n) is 7.56. The molecule has 2 amide bonds. The molecule has 6 nitrogen and oxygen atoms in total. The van der Waals surface area contributed by atoms with Gasteiger partial charge in [-0.1, -0.05) is 31.5 Å². The van der Waals surface area contributed by atoms with Gasteiger partial charge in [-0.25, -0.2) is 4.79 Å². The molecule has 0 bridgehead atoms. The Morgan fingerprint density at radius 2 is 2.04 bits per heavy atom. The predicted molar refractivity (Wildman–Crippen MR) is 97.5 cm³/mol. The SMILES string of the molecule is CC1CN(CC(=O)N2CC(C)(C)c3c(Cl)cccc32)CCN1C(=O)O. The fourth-order valence-electron chi connectivity index (χ4n) is 3.93. The number of hydrogen-bond acceptors (Lipinski definition) is 3. The summed E-state index contributed by atoms with van der Waals surface area (Å²) >= 11 is 6.37. The molecular formula is C18H24ClN3O3. The van der Waals surface area contributed by atoms with Gasteiger partial charge in [-0.2, -0.15) is 0 Å². The highest BCUT2D eigenvalue weighted by Crippen LogP contribution is 2.44. The lowest BCUT2D eigenvalue weighted by molar-refractivity contribution is -0.120. The van der Waals surface area contributed by atoms with Crippen LogP contribution < -0.4 is 4.90 Å². The molecule has 1 atom stereocenters. The summed E-state index contributed by atoms with van der Waals surface area (Å²) in [5, 5.41) is 9.86. The molecule has 0 aromatic heterocycles. The van der Waals surface area contributed by atoms with Crippen molar-refractivity contribution in [2.24, 2.45) is 0 Å². The molecule has 1 aromatic rings. The van der Waals surface area contributed by atoms with Crippen molar-refractivity contribution in [3.8, 4) is 0 Å². The highest BCUT2D eigenvalue weighted by molar-refractivity contribution is 6.32. The Labute approximate surface area is 152 Å². The van der Waals surface area contributed by atoms with Crippen molar-refractivity contribution < 1.29 is 14.7 Å². The number of hydrogen-bond donors (Lipinski definition) is 1. The quantitative estimate of drug-likeness (QED) is 0.875. The number of amides is 2. The molecule has 3 rings (SSSR count). The first-order valence-corrected chi connectivity index (χ1v) is 8.90. The first kappa shape index (κ1) is 18.0. The minimum Gasteiger partial charge on any atom is -0.465 e. The molecule has 2 aliphatic heterocycles. The molecule has 0 spiro atoms. The third kappa shape index (κ3) is 3.33. The number of nitrogens with zero attached hydrogens (tertiary/aromatic N) is 3. The van der Waals surface area contributed by atoms with E-state index in [1.165, 1.54) is 4.90 Å². The molecule has 0 saturated carbocycles. The van der Waals surface area contributed by atoms with Gasteiger partial charge >= 0.3 is 6.09 Å². The van der Waals surface area contributed by atoms with E-state index in [0.29, 0.717) is 37.7 Å². The highest BCUT2D eigenvalue weighted by Gasteiger charge is 2.40. The van der Waals surface area contributed by atoms with Crippen molar-refractivity contribution in [1.82, 2.24) is 9.80 Å². The van der Waals surface area contributed by atoms with Crippen molar-refractivity contribution in [3.63, 3.8) is 0 Å². The molecule has 7 heteroatoms. The van der Waals surface area contributed by atoms with Crippen molar-refractivity contribution in [3.05, 3.63) is 28.8 Å². The number of carboxylic acid groups (broad SMARTS) is 1. The third-order valence-corrected chi connectivity index (χ3v) is 5.44. The van der Waals surface area contributed by atoms with Gasteiger partial charge in [0.1, 0.15) is 0 Å². The van der Waals surface area contributed by atoms with Gasteiger partial charge in [0.15, 0.2) is 0 Å². The number of halogens is 1. The second-order valence-corrected chi connectivity index (χ2v) is 7.97. The smallest absolute Gasteiger partial charge is 0.407 e. The summed E-state index contributed by atoms with van der Waals surface area (Å²) in [7, 11) is 0. The lowest BCUT2D eigenvalue weighted by Crippen LogP contribution is -2.55. The highest BCUT2D eigenvalue weighted by atomic mass is 35.5. The predicted octanol–water partition coefficient (Wildman–Crippen LogP) is 2.65. The molecular weight excluding hydrogens is 342 g/mol. The maximum Gasteiger partial charge on any atom is 0.407 e. The maximum absolute atomic E-state index is 12.9. The van der Waals surface area contributed by atoms with Crippen LogP contribution in [0.1, 0.15) is 26.3 Å². The van der Waals surface area contributed by atoms with E-state index in [4.69, 9.17) is 16.7 Å². The van der Waals surface area contributed by atoms with Crippen LogP contribution in [0.25, 0.3) is 0 Å². The molecule has 2 aliphatic rings. The minimum atomic E-state index is -0.900. The maximum atomic E-state index is 12.9. The normalized spacial score (nSPS) is 22.8. The Balaban J connectivity index is 1.72. The zero-order valence-corrected chi connectivity index (χ0v) is 15.6. The van der Waals surface area contributed by atoms with E-state index in [-0.39, 0.29) is 17.4 Å². The topological polar surface area (TPSA) is 64.1 Å². The Bertz CT molecular complexity index is 707. The zero-order chi connectivity index (χ0) is 18.4. The summed E-state index contributed by atoms with van der Waals surface area (Å²) in [6, 6.07) is 5.56. The number of carbonyl (C=O) groups is 2. The number of rotatable bonds is 2. The number of piperazine rings is 1. The number of carbonyl (C=O) groups excluding carboxylic acids is 1. The van der Waals surface area contributed by atoms with E-state index >= 15 is 0 Å². The molecule has 1 fully saturated rings. The van der Waals surface area contributed by atoms with Crippen molar-refractivity contribution in [2.75, 3.05) is 37.6 Å². The first-order valence-electron chi connectivity index (χ1n) is 8.52. The van der Waals surface area contributed by atoms with E-state index in [1.807, 2.05) is 34.9 Å². The molecule has 1 aromatic carbocycles. The summed E-state index contributed by atoms with van der Waals surface area (Å²) < 4.78 is 0. The summed E-state index contributed by atoms with van der Waals surface area (Å²) in [5.74, 6) is 0.0325. The van der Waals surface area contributed by atoms with Gasteiger partial charge in [-0.3, -0.25) is 9.69 Å². The van der Waals surface area contributed by atoms with Gasteiger partial charge in [0.2, 0.25) is 5.91 Å². The average Bonchev–Trinajstić information content (AvgIpc) is 2.80. The van der Waals surface area contributed by atoms with Crippen LogP contribution in [0.15, 0.2) is 18.2 Å². The Kier molecular flexibility index (Phi) is 4.68. The summed E-state index contributed by atoms with van der Waals surface area (Å²) in [6.07, 6.45) is -0.900. The van der Waals surface area contributed by atoms with Gasteiger partial charge in [0, 0.05) is 53.9 Å². The molecule has 1 unspecified atom stereocenters. The van der Waals surface area contributed by atoms with Crippen LogP contribution in [-0.4, -0.2) is 65.7 Å². The molecule has 1 N–H and O–H groups in total. The second kappa shape index (κ2) is 6.50. The van der Waals surface area contributed by atoms with Crippen LogP contribution in [0.4, 0.5) is 10.5 Å². The van der Waals surface area contributed by atoms with Crippen LogP contribution in [0.2, 0.25) is 5.02 Å². The van der Waals surface area contributed by atoms with E-state index in [9.17, 15) is 9.59 Å². The molecule has 136 valence electrons. The van der Waals surface area contributed by atoms with Gasteiger partial charge in [0.25, 0.3) is 0 Å². The summed E-state index contributed by atoms with van der Waals surface area (Å²) in [6.45, 7) is 8.53. The van der Waals surface area contributed by atoms with Gasteiger partial charge in [-0.15, -0.1) is 0 Å². The molecule has 0 radical (unpaired) electrons. The van der Waals surface area contributed by atoms with Crippen LogP contribution in [0.3, 0.4) is 0 Å². The lowest BCUT2D eigenvalue weighted by Gasteiger charge is -2.38. The standard InChI is InChI=1S/C18H24ClN3O3/c1-12-9-20(7-8-21(12)17(24)25)10-15(23)22-11-18(2,3)16-13(19)5-4-6-14(16)22/h4-6,12H,7-11H2,1-3H3,(H,24,25). The van der Waals surface area contributed by atoms with Crippen LogP contribution >= 0.6 is 11.6 Å². The van der Waals surface area contributed by atoms with Crippen molar-refractivity contribution in [2.45, 2.75) is 32.2 Å². The Morgan fingerprint density at radius 1 is 1.32 bits per heavy atom. The average molecular weight is 366 g/mol. The van der Waals surface area contributed by atoms with E-state index in [1.54, 1.807) is 0 Å². The summed E-state index contributed by atoms with van der Waals surface area (Å²) in [5.41, 5.74) is 1.73. The van der Waals surface area contributed by atoms with Gasteiger partial charge < -0.3 is 14.9 Å². The summed E-state index contributed by atoms with van der Waals surface area (Å²) in [4.78, 5) is 29.3. The number of fused-ring (bicyclic) bond motifs is 1. The first-order chi connectivity index (χ1) is 11.7. The fourth-order valence-corrected chi connectivity index (χ4v) is 4.35. The lowest BCUT2D eigenvalue weighted by atomic mass is 9.87. The molecule has 2 heterocycles. The molecule has 0 aliphatic carbocycles. The van der Waals surface area contributed by atoms with Crippen LogP contribution in [0.5, 0.6) is 0 Å². The fraction of sp³-hybridized carbons (Fsp3) is 0.556. The largest absolute Gasteiger partial charge is 0.465 e. The Morgan fingerprint density at radius 3 is 2.68 bits per heavy atom. The van der Waals surface area contributed by atoms with E-state index in [2.05, 4.69) is 13.8 Å². The zero-order valence-electron chi connectivity index (χ0n) is 14.8. The van der Waals surface area contributed by atoms with Crippen molar-refractivity contribution in [1.29, 1.82) is 0 Å².